The van der Waals surface area contributed by atoms with E-state index >= 15 is 0 Å². The molecular formula is C61H36N2. The highest BCUT2D eigenvalue weighted by Gasteiger charge is 2.27. The molecule has 0 spiro atoms. The fraction of sp³-hybridized carbons (Fsp3) is 0. The van der Waals surface area contributed by atoms with Crippen LogP contribution in [0.5, 0.6) is 0 Å². The van der Waals surface area contributed by atoms with Crippen LogP contribution in [-0.2, 0) is 0 Å². The molecular weight excluding hydrogens is 761 g/mol. The van der Waals surface area contributed by atoms with Crippen LogP contribution < -0.4 is 0 Å². The van der Waals surface area contributed by atoms with Gasteiger partial charge < -0.3 is 0 Å². The van der Waals surface area contributed by atoms with Gasteiger partial charge in [0.1, 0.15) is 5.82 Å². The summed E-state index contributed by atoms with van der Waals surface area (Å²) in [6.07, 6.45) is 0. The Labute approximate surface area is 363 Å². The number of hydrogen-bond acceptors (Lipinski definition) is 1. The lowest BCUT2D eigenvalue weighted by Gasteiger charge is -2.19. The fourth-order valence-corrected chi connectivity index (χ4v) is 11.1. The second-order valence-corrected chi connectivity index (χ2v) is 16.9. The molecule has 2 nitrogen and oxygen atoms in total. The average molecular weight is 797 g/mol. The van der Waals surface area contributed by atoms with Crippen molar-refractivity contribution in [2.24, 2.45) is 0 Å². The van der Waals surface area contributed by atoms with Crippen LogP contribution in [-0.4, -0.2) is 9.55 Å². The molecule has 1 heterocycles. The predicted molar refractivity (Wildman–Crippen MR) is 268 cm³/mol. The minimum absolute atomic E-state index is 0.935. The van der Waals surface area contributed by atoms with Gasteiger partial charge in [-0.3, -0.25) is 4.57 Å². The fourth-order valence-electron chi connectivity index (χ4n) is 11.1. The van der Waals surface area contributed by atoms with E-state index in [1.54, 1.807) is 0 Å². The molecule has 0 fully saturated rings. The minimum atomic E-state index is 0.935. The monoisotopic (exact) mass is 796 g/mol. The van der Waals surface area contributed by atoms with Gasteiger partial charge in [-0.1, -0.05) is 188 Å². The van der Waals surface area contributed by atoms with Crippen LogP contribution in [0.4, 0.5) is 0 Å². The molecule has 0 aliphatic heterocycles. The van der Waals surface area contributed by atoms with Gasteiger partial charge in [0.25, 0.3) is 0 Å². The lowest BCUT2D eigenvalue weighted by Crippen LogP contribution is -1.98. The van der Waals surface area contributed by atoms with Crippen LogP contribution in [0.1, 0.15) is 0 Å². The van der Waals surface area contributed by atoms with Crippen molar-refractivity contribution in [2.75, 3.05) is 0 Å². The topological polar surface area (TPSA) is 17.8 Å². The average Bonchev–Trinajstić information content (AvgIpc) is 4.02. The van der Waals surface area contributed by atoms with Crippen molar-refractivity contribution >= 4 is 86.4 Å². The van der Waals surface area contributed by atoms with E-state index < -0.39 is 0 Å². The van der Waals surface area contributed by atoms with E-state index in [0.717, 1.165) is 28.1 Å². The van der Waals surface area contributed by atoms with Crippen LogP contribution >= 0.6 is 0 Å². The molecule has 0 amide bonds. The van der Waals surface area contributed by atoms with Gasteiger partial charge in [0.15, 0.2) is 0 Å². The van der Waals surface area contributed by atoms with Crippen molar-refractivity contribution in [1.29, 1.82) is 0 Å². The summed E-state index contributed by atoms with van der Waals surface area (Å²) >= 11 is 0. The number of hydrogen-bond donors (Lipinski definition) is 0. The summed E-state index contributed by atoms with van der Waals surface area (Å²) in [5.41, 5.74) is 11.7. The van der Waals surface area contributed by atoms with E-state index in [-0.39, 0.29) is 0 Å². The summed E-state index contributed by atoms with van der Waals surface area (Å²) in [6, 6.07) is 80.3. The third-order valence-corrected chi connectivity index (χ3v) is 13.7. The molecule has 0 radical (unpaired) electrons. The Morgan fingerprint density at radius 1 is 0.286 bits per heavy atom. The molecule has 0 saturated carbocycles. The molecule has 13 aromatic carbocycles. The maximum Gasteiger partial charge on any atom is 0.145 e. The van der Waals surface area contributed by atoms with Gasteiger partial charge in [0.2, 0.25) is 0 Å². The van der Waals surface area contributed by atoms with Crippen molar-refractivity contribution in [1.82, 2.24) is 9.55 Å². The van der Waals surface area contributed by atoms with Gasteiger partial charge >= 0.3 is 0 Å². The van der Waals surface area contributed by atoms with E-state index in [0.29, 0.717) is 0 Å². The van der Waals surface area contributed by atoms with Crippen molar-refractivity contribution in [3.05, 3.63) is 218 Å². The molecule has 0 saturated heterocycles. The lowest BCUT2D eigenvalue weighted by molar-refractivity contribution is 1.10. The standard InChI is InChI=1S/C61H36N2/c1-4-17-37(18-5-1)54-51-36-50-44-26-11-10-25-43(44)46-28-16-29-47(57(46)50)58(51)55(38-19-6-2-7-20-38)60-48-30-15-27-45-42(33-34-49(56(45)48)59(54)60)40-23-14-24-41(35-40)63-53-32-13-12-31-52(53)62-61(63)39-21-8-3-9-22-39/h1-36H. The number of fused-ring (bicyclic) bond motifs is 9. The molecule has 63 heavy (non-hydrogen) atoms. The number of nitrogens with zero attached hydrogens (tertiary/aromatic N) is 2. The summed E-state index contributed by atoms with van der Waals surface area (Å²) in [7, 11) is 0. The molecule has 0 aliphatic carbocycles. The van der Waals surface area contributed by atoms with Crippen molar-refractivity contribution in [3.63, 3.8) is 0 Å². The maximum atomic E-state index is 5.16. The zero-order valence-electron chi connectivity index (χ0n) is 34.2. The summed E-state index contributed by atoms with van der Waals surface area (Å²) in [5, 5.41) is 18.3. The Kier molecular flexibility index (Phi) is 7.14. The molecule has 1 aromatic heterocycles. The number of para-hydroxylation sites is 2. The van der Waals surface area contributed by atoms with Gasteiger partial charge in [0.05, 0.1) is 11.0 Å². The molecule has 0 unspecified atom stereocenters. The van der Waals surface area contributed by atoms with Gasteiger partial charge in [0, 0.05) is 11.3 Å². The Morgan fingerprint density at radius 3 is 1.57 bits per heavy atom. The lowest BCUT2D eigenvalue weighted by atomic mass is 9.84. The first-order valence-electron chi connectivity index (χ1n) is 21.8. The zero-order valence-corrected chi connectivity index (χ0v) is 34.2. The van der Waals surface area contributed by atoms with E-state index in [1.165, 1.54) is 109 Å². The smallest absolute Gasteiger partial charge is 0.145 e. The first-order chi connectivity index (χ1) is 31.3. The molecule has 0 aliphatic rings. The van der Waals surface area contributed by atoms with Crippen LogP contribution in [0.15, 0.2) is 218 Å². The maximum absolute atomic E-state index is 5.16. The van der Waals surface area contributed by atoms with Crippen molar-refractivity contribution < 1.29 is 0 Å². The minimum Gasteiger partial charge on any atom is -0.292 e. The SMILES string of the molecule is c1ccc(-c2c3cc4c5ccccc5c5cccc(c3c(-c3ccccc3)c3c6cccc7c(-c8cccc(-n9c(-c%10ccccc%10)nc%10ccccc%109)c8)ccc(c23)c76)c54)cc1. The second-order valence-electron chi connectivity index (χ2n) is 16.9. The van der Waals surface area contributed by atoms with Gasteiger partial charge in [-0.05, 0) is 139 Å². The van der Waals surface area contributed by atoms with Gasteiger partial charge in [-0.25, -0.2) is 4.98 Å². The van der Waals surface area contributed by atoms with Crippen LogP contribution in [0.2, 0.25) is 0 Å². The Morgan fingerprint density at radius 2 is 0.810 bits per heavy atom. The highest BCUT2D eigenvalue weighted by atomic mass is 15.1. The summed E-state index contributed by atoms with van der Waals surface area (Å²) in [6.45, 7) is 0. The van der Waals surface area contributed by atoms with Crippen molar-refractivity contribution in [3.8, 4) is 50.5 Å². The van der Waals surface area contributed by atoms with Crippen molar-refractivity contribution in [2.45, 2.75) is 0 Å². The summed E-state index contributed by atoms with van der Waals surface area (Å²) < 4.78 is 2.31. The molecule has 14 rings (SSSR count). The first kappa shape index (κ1) is 34.4. The number of rotatable bonds is 5. The van der Waals surface area contributed by atoms with E-state index in [1.807, 2.05) is 0 Å². The van der Waals surface area contributed by atoms with Gasteiger partial charge in [-0.2, -0.15) is 0 Å². The van der Waals surface area contributed by atoms with Crippen LogP contribution in [0, 0.1) is 0 Å². The highest BCUT2D eigenvalue weighted by Crippen LogP contribution is 2.55. The quantitative estimate of drug-likeness (QED) is 0.159. The Balaban J connectivity index is 1.12. The largest absolute Gasteiger partial charge is 0.292 e. The zero-order chi connectivity index (χ0) is 41.2. The highest BCUT2D eigenvalue weighted by molar-refractivity contribution is 6.45. The molecule has 0 bridgehead atoms. The predicted octanol–water partition coefficient (Wildman–Crippen LogP) is 16.6. The Hall–Kier alpha value is -8.33. The van der Waals surface area contributed by atoms with E-state index in [2.05, 4.69) is 223 Å². The van der Waals surface area contributed by atoms with Gasteiger partial charge in [-0.15, -0.1) is 0 Å². The molecule has 2 heteroatoms. The molecule has 0 atom stereocenters. The summed E-state index contributed by atoms with van der Waals surface area (Å²) in [5.74, 6) is 0.935. The normalized spacial score (nSPS) is 12.1. The Bertz CT molecular complexity index is 4110. The van der Waals surface area contributed by atoms with Crippen LogP contribution in [0.3, 0.4) is 0 Å². The van der Waals surface area contributed by atoms with Crippen LogP contribution in [0.25, 0.3) is 137 Å². The van der Waals surface area contributed by atoms with E-state index in [4.69, 9.17) is 4.98 Å². The first-order valence-corrected chi connectivity index (χ1v) is 21.8. The third-order valence-electron chi connectivity index (χ3n) is 13.7. The summed E-state index contributed by atoms with van der Waals surface area (Å²) in [4.78, 5) is 5.16. The second kappa shape index (κ2) is 13.1. The molecule has 290 valence electrons. The molecule has 14 aromatic rings. The van der Waals surface area contributed by atoms with E-state index in [9.17, 15) is 0 Å². The number of aromatic nitrogens is 2. The molecule has 0 N–H and O–H groups in total. The number of imidazole rings is 1. The number of benzene rings is 11. The third kappa shape index (κ3) is 4.81.